The maximum absolute atomic E-state index is 13.4. The van der Waals surface area contributed by atoms with E-state index in [1.165, 1.54) is 36.4 Å². The number of nitrogens with one attached hydrogen (secondary N) is 1. The first-order valence-electron chi connectivity index (χ1n) is 9.50. The van der Waals surface area contributed by atoms with E-state index >= 15 is 0 Å². The van der Waals surface area contributed by atoms with E-state index in [1.807, 2.05) is 0 Å². The molecule has 0 spiro atoms. The van der Waals surface area contributed by atoms with Crippen LogP contribution in [0.3, 0.4) is 0 Å². The molecular formula is C21H21FN4O3S. The number of anilines is 1. The molecule has 2 aromatic carbocycles. The Hall–Kier alpha value is -3.04. The number of aromatic nitrogens is 2. The Morgan fingerprint density at radius 1 is 1.10 bits per heavy atom. The highest BCUT2D eigenvalue weighted by atomic mass is 32.2. The van der Waals surface area contributed by atoms with E-state index in [0.29, 0.717) is 30.0 Å². The first-order valence-corrected chi connectivity index (χ1v) is 11.0. The molecule has 1 aliphatic heterocycles. The Labute approximate surface area is 174 Å². The number of benzene rings is 2. The molecule has 1 amide bonds. The molecule has 9 heteroatoms. The van der Waals surface area contributed by atoms with Crippen LogP contribution in [0.25, 0.3) is 0 Å². The number of carbonyl (C=O) groups excluding carboxylic acids is 1. The number of rotatable bonds is 6. The lowest BCUT2D eigenvalue weighted by atomic mass is 10.1. The molecule has 1 unspecified atom stereocenters. The number of carbonyl (C=O) groups is 1. The van der Waals surface area contributed by atoms with Crippen molar-refractivity contribution in [2.75, 3.05) is 11.4 Å². The summed E-state index contributed by atoms with van der Waals surface area (Å²) in [6.45, 7) is 0.634. The summed E-state index contributed by atoms with van der Waals surface area (Å²) in [5.41, 5.74) is 1.24. The van der Waals surface area contributed by atoms with E-state index in [0.717, 1.165) is 6.42 Å². The smallest absolute Gasteiger partial charge is 0.241 e. The van der Waals surface area contributed by atoms with Crippen molar-refractivity contribution in [3.63, 3.8) is 0 Å². The maximum Gasteiger partial charge on any atom is 0.241 e. The average molecular weight is 428 g/mol. The third-order valence-electron chi connectivity index (χ3n) is 5.13. The molecule has 1 atom stereocenters. The van der Waals surface area contributed by atoms with E-state index in [-0.39, 0.29) is 10.8 Å². The molecule has 156 valence electrons. The van der Waals surface area contributed by atoms with E-state index in [2.05, 4.69) is 9.71 Å². The number of hydrogen-bond donors (Lipinski definition) is 1. The van der Waals surface area contributed by atoms with Crippen molar-refractivity contribution >= 4 is 21.6 Å². The van der Waals surface area contributed by atoms with Gasteiger partial charge in [-0.2, -0.15) is 4.72 Å². The molecule has 3 aromatic rings. The second-order valence-corrected chi connectivity index (χ2v) is 8.86. The van der Waals surface area contributed by atoms with E-state index in [4.69, 9.17) is 0 Å². The van der Waals surface area contributed by atoms with Crippen LogP contribution in [0.1, 0.15) is 30.3 Å². The largest absolute Gasteiger partial charge is 0.336 e. The van der Waals surface area contributed by atoms with Gasteiger partial charge >= 0.3 is 0 Å². The van der Waals surface area contributed by atoms with Crippen LogP contribution in [0.2, 0.25) is 0 Å². The highest BCUT2D eigenvalue weighted by Gasteiger charge is 2.27. The zero-order chi connectivity index (χ0) is 21.3. The van der Waals surface area contributed by atoms with Gasteiger partial charge in [-0.15, -0.1) is 0 Å². The number of imidazole rings is 1. The molecule has 1 aliphatic rings. The van der Waals surface area contributed by atoms with Crippen LogP contribution in [0, 0.1) is 5.82 Å². The number of nitrogens with zero attached hydrogens (tertiary/aromatic N) is 3. The second-order valence-electron chi connectivity index (χ2n) is 7.15. The molecule has 0 saturated carbocycles. The van der Waals surface area contributed by atoms with E-state index in [9.17, 15) is 17.6 Å². The molecule has 0 aliphatic carbocycles. The predicted molar refractivity (Wildman–Crippen MR) is 110 cm³/mol. The highest BCUT2D eigenvalue weighted by molar-refractivity contribution is 7.89. The SMILES string of the molecule is Cn1ccnc1C(NS(=O)(=O)c1ccc(N2CCCC2=O)cc1)c1ccc(F)cc1. The number of amides is 1. The Balaban J connectivity index is 1.64. The molecule has 30 heavy (non-hydrogen) atoms. The Morgan fingerprint density at radius 2 is 1.80 bits per heavy atom. The maximum atomic E-state index is 13.4. The standard InChI is InChI=1S/C21H21FN4O3S/c1-25-14-12-23-21(25)20(15-4-6-16(22)7-5-15)24-30(28,29)18-10-8-17(9-11-18)26-13-2-3-19(26)27/h4-12,14,20,24H,2-3,13H2,1H3. The van der Waals surface area contributed by atoms with E-state index < -0.39 is 21.9 Å². The van der Waals surface area contributed by atoms with Gasteiger partial charge in [0.2, 0.25) is 15.9 Å². The van der Waals surface area contributed by atoms with Crippen LogP contribution in [0.5, 0.6) is 0 Å². The molecular weight excluding hydrogens is 407 g/mol. The Kier molecular flexibility index (Phi) is 5.40. The van der Waals surface area contributed by atoms with Gasteiger partial charge in [-0.1, -0.05) is 12.1 Å². The van der Waals surface area contributed by atoms with Gasteiger partial charge in [0.15, 0.2) is 0 Å². The van der Waals surface area contributed by atoms with Crippen molar-refractivity contribution in [2.45, 2.75) is 23.8 Å². The first kappa shape index (κ1) is 20.2. The molecule has 7 nitrogen and oxygen atoms in total. The van der Waals surface area contributed by atoms with Crippen LogP contribution in [0.4, 0.5) is 10.1 Å². The van der Waals surface area contributed by atoms with Crippen LogP contribution >= 0.6 is 0 Å². The molecule has 0 radical (unpaired) electrons. The molecule has 1 saturated heterocycles. The number of halogens is 1. The van der Waals surface area contributed by atoms with Crippen LogP contribution in [-0.4, -0.2) is 30.4 Å². The van der Waals surface area contributed by atoms with Gasteiger partial charge in [-0.25, -0.2) is 17.8 Å². The van der Waals surface area contributed by atoms with Crippen LogP contribution in [0.15, 0.2) is 65.8 Å². The van der Waals surface area contributed by atoms with Gasteiger partial charge in [0.25, 0.3) is 0 Å². The fourth-order valence-corrected chi connectivity index (χ4v) is 4.71. The third-order valence-corrected chi connectivity index (χ3v) is 6.56. The Bertz CT molecular complexity index is 1160. The molecule has 1 N–H and O–H groups in total. The van der Waals surface area contributed by atoms with Crippen molar-refractivity contribution < 1.29 is 17.6 Å². The van der Waals surface area contributed by atoms with Gasteiger partial charge in [0.1, 0.15) is 17.7 Å². The lowest BCUT2D eigenvalue weighted by molar-refractivity contribution is -0.117. The quantitative estimate of drug-likeness (QED) is 0.654. The topological polar surface area (TPSA) is 84.3 Å². The minimum Gasteiger partial charge on any atom is -0.336 e. The molecule has 2 heterocycles. The van der Waals surface area contributed by atoms with Crippen molar-refractivity contribution in [2.24, 2.45) is 7.05 Å². The Morgan fingerprint density at radius 3 is 2.37 bits per heavy atom. The average Bonchev–Trinajstić information content (AvgIpc) is 3.35. The highest BCUT2D eigenvalue weighted by Crippen LogP contribution is 2.26. The van der Waals surface area contributed by atoms with Crippen molar-refractivity contribution in [3.8, 4) is 0 Å². The summed E-state index contributed by atoms with van der Waals surface area (Å²) in [4.78, 5) is 17.9. The summed E-state index contributed by atoms with van der Waals surface area (Å²) in [7, 11) is -2.16. The van der Waals surface area contributed by atoms with Crippen molar-refractivity contribution in [3.05, 3.63) is 78.1 Å². The predicted octanol–water partition coefficient (Wildman–Crippen LogP) is 2.75. The summed E-state index contributed by atoms with van der Waals surface area (Å²) in [5.74, 6) is 0.103. The fourth-order valence-electron chi connectivity index (χ4n) is 3.53. The third kappa shape index (κ3) is 3.99. The van der Waals surface area contributed by atoms with Gasteiger partial charge in [-0.3, -0.25) is 4.79 Å². The molecule has 0 bridgehead atoms. The summed E-state index contributed by atoms with van der Waals surface area (Å²) in [6.07, 6.45) is 4.58. The summed E-state index contributed by atoms with van der Waals surface area (Å²) in [6, 6.07) is 11.0. The summed E-state index contributed by atoms with van der Waals surface area (Å²) < 4.78 is 43.9. The van der Waals surface area contributed by atoms with Crippen molar-refractivity contribution in [1.82, 2.24) is 14.3 Å². The van der Waals surface area contributed by atoms with Crippen LogP contribution < -0.4 is 9.62 Å². The lowest BCUT2D eigenvalue weighted by Gasteiger charge is -2.20. The fraction of sp³-hybridized carbons (Fsp3) is 0.238. The summed E-state index contributed by atoms with van der Waals surface area (Å²) in [5, 5.41) is 0. The second kappa shape index (κ2) is 8.00. The normalized spacial score (nSPS) is 15.5. The monoisotopic (exact) mass is 428 g/mol. The van der Waals surface area contributed by atoms with Crippen molar-refractivity contribution in [1.29, 1.82) is 0 Å². The number of hydrogen-bond acceptors (Lipinski definition) is 4. The molecule has 1 aromatic heterocycles. The van der Waals surface area contributed by atoms with Crippen LogP contribution in [-0.2, 0) is 21.9 Å². The lowest BCUT2D eigenvalue weighted by Crippen LogP contribution is -2.31. The number of sulfonamides is 1. The van der Waals surface area contributed by atoms with Gasteiger partial charge < -0.3 is 9.47 Å². The minimum atomic E-state index is -3.91. The van der Waals surface area contributed by atoms with E-state index in [1.54, 1.807) is 41.0 Å². The minimum absolute atomic E-state index is 0.0369. The zero-order valence-corrected chi connectivity index (χ0v) is 17.1. The zero-order valence-electron chi connectivity index (χ0n) is 16.3. The molecule has 4 rings (SSSR count). The molecule has 1 fully saturated rings. The van der Waals surface area contributed by atoms with Gasteiger partial charge in [0, 0.05) is 38.1 Å². The summed E-state index contributed by atoms with van der Waals surface area (Å²) >= 11 is 0. The van der Waals surface area contributed by atoms with Gasteiger partial charge in [0.05, 0.1) is 4.90 Å². The van der Waals surface area contributed by atoms with Gasteiger partial charge in [-0.05, 0) is 48.4 Å². The number of aryl methyl sites for hydroxylation is 1. The first-order chi connectivity index (χ1) is 14.3.